The van der Waals surface area contributed by atoms with E-state index in [9.17, 15) is 13.2 Å². The molecule has 25 heavy (non-hydrogen) atoms. The smallest absolute Gasteiger partial charge is 0.265 e. The largest absolute Gasteiger partial charge is 0.385 e. The first-order valence-electron chi connectivity index (χ1n) is 8.02. The third kappa shape index (κ3) is 3.38. The molecule has 1 aliphatic heterocycles. The molecule has 0 spiro atoms. The summed E-state index contributed by atoms with van der Waals surface area (Å²) in [5.74, 6) is -0.339. The second kappa shape index (κ2) is 7.25. The monoisotopic (exact) mass is 360 g/mol. The van der Waals surface area contributed by atoms with Crippen LogP contribution in [0.15, 0.2) is 53.4 Å². The van der Waals surface area contributed by atoms with Gasteiger partial charge in [0.25, 0.3) is 10.0 Å². The molecule has 0 unspecified atom stereocenters. The molecule has 0 aliphatic carbocycles. The van der Waals surface area contributed by atoms with Crippen LogP contribution in [0, 0.1) is 0 Å². The van der Waals surface area contributed by atoms with E-state index in [1.807, 2.05) is 18.2 Å². The van der Waals surface area contributed by atoms with Gasteiger partial charge >= 0.3 is 0 Å². The summed E-state index contributed by atoms with van der Waals surface area (Å²) in [6, 6.07) is 14.1. The van der Waals surface area contributed by atoms with Crippen LogP contribution in [0.4, 0.5) is 5.69 Å². The van der Waals surface area contributed by atoms with Gasteiger partial charge in [0.15, 0.2) is 0 Å². The number of hydrogen-bond acceptors (Lipinski definition) is 4. The summed E-state index contributed by atoms with van der Waals surface area (Å²) in [5.41, 5.74) is 1.99. The Morgan fingerprint density at radius 2 is 1.76 bits per heavy atom. The van der Waals surface area contributed by atoms with Gasteiger partial charge in [0.2, 0.25) is 5.91 Å². The van der Waals surface area contributed by atoms with E-state index in [1.54, 1.807) is 37.4 Å². The summed E-state index contributed by atoms with van der Waals surface area (Å²) in [6.07, 6.45) is 0.675. The molecule has 1 amide bonds. The molecule has 1 aliphatic rings. The van der Waals surface area contributed by atoms with Gasteiger partial charge in [-0.05, 0) is 18.6 Å². The van der Waals surface area contributed by atoms with Crippen LogP contribution in [0.25, 0.3) is 11.1 Å². The van der Waals surface area contributed by atoms with Crippen molar-refractivity contribution in [2.75, 3.05) is 31.1 Å². The number of rotatable bonds is 6. The molecule has 2 aromatic carbocycles. The Labute approximate surface area is 147 Å². The summed E-state index contributed by atoms with van der Waals surface area (Å²) in [6.45, 7) is 0.734. The Kier molecular flexibility index (Phi) is 5.06. The van der Waals surface area contributed by atoms with Gasteiger partial charge in [-0.15, -0.1) is 0 Å². The Morgan fingerprint density at radius 3 is 2.52 bits per heavy atom. The number of amides is 1. The van der Waals surface area contributed by atoms with Gasteiger partial charge in [0.1, 0.15) is 6.54 Å². The normalized spacial score (nSPS) is 14.5. The van der Waals surface area contributed by atoms with Gasteiger partial charge in [-0.1, -0.05) is 36.4 Å². The summed E-state index contributed by atoms with van der Waals surface area (Å²) in [7, 11) is -2.19. The Bertz CT molecular complexity index is 880. The molecule has 0 aromatic heterocycles. The van der Waals surface area contributed by atoms with Gasteiger partial charge < -0.3 is 10.1 Å². The Hall–Kier alpha value is -2.38. The fourth-order valence-electron chi connectivity index (χ4n) is 2.88. The fraction of sp³-hybridized carbons (Fsp3) is 0.278. The standard InChI is InChI=1S/C18H20N2O4S/c1-24-12-6-11-19-18(21)13-20-16-9-4-2-7-14(16)15-8-3-5-10-17(15)25(20,22)23/h2-5,7-10H,6,11-13H2,1H3,(H,19,21). The van der Waals surface area contributed by atoms with Crippen molar-refractivity contribution in [2.45, 2.75) is 11.3 Å². The van der Waals surface area contributed by atoms with Crippen molar-refractivity contribution in [2.24, 2.45) is 0 Å². The number of benzene rings is 2. The lowest BCUT2D eigenvalue weighted by molar-refractivity contribution is -0.119. The van der Waals surface area contributed by atoms with Crippen LogP contribution in [0.1, 0.15) is 6.42 Å². The van der Waals surface area contributed by atoms with Crippen molar-refractivity contribution >= 4 is 21.6 Å². The van der Waals surface area contributed by atoms with Crippen molar-refractivity contribution < 1.29 is 17.9 Å². The van der Waals surface area contributed by atoms with E-state index in [1.165, 1.54) is 4.31 Å². The molecule has 7 heteroatoms. The number of fused-ring (bicyclic) bond motifs is 3. The molecule has 2 aromatic rings. The molecule has 0 saturated carbocycles. The van der Waals surface area contributed by atoms with Crippen LogP contribution < -0.4 is 9.62 Å². The highest BCUT2D eigenvalue weighted by Gasteiger charge is 2.35. The zero-order chi connectivity index (χ0) is 17.9. The summed E-state index contributed by atoms with van der Waals surface area (Å²) >= 11 is 0. The van der Waals surface area contributed by atoms with Crippen LogP contribution >= 0.6 is 0 Å². The van der Waals surface area contributed by atoms with Crippen molar-refractivity contribution in [3.05, 3.63) is 48.5 Å². The van der Waals surface area contributed by atoms with Crippen LogP contribution in [0.3, 0.4) is 0 Å². The third-order valence-corrected chi connectivity index (χ3v) is 5.87. The van der Waals surface area contributed by atoms with Crippen LogP contribution in [-0.2, 0) is 19.6 Å². The zero-order valence-corrected chi connectivity index (χ0v) is 14.8. The van der Waals surface area contributed by atoms with E-state index in [0.717, 1.165) is 5.56 Å². The average molecular weight is 360 g/mol. The Morgan fingerprint density at radius 1 is 1.08 bits per heavy atom. The molecule has 6 nitrogen and oxygen atoms in total. The third-order valence-electron chi connectivity index (χ3n) is 4.05. The SMILES string of the molecule is COCCCNC(=O)CN1c2ccccc2-c2ccccc2S1(=O)=O. The maximum absolute atomic E-state index is 13.0. The fourth-order valence-corrected chi connectivity index (χ4v) is 4.53. The maximum atomic E-state index is 13.0. The molecule has 3 rings (SSSR count). The highest BCUT2D eigenvalue weighted by molar-refractivity contribution is 7.93. The van der Waals surface area contributed by atoms with Gasteiger partial charge in [0.05, 0.1) is 10.6 Å². The number of para-hydroxylation sites is 1. The molecule has 0 saturated heterocycles. The van der Waals surface area contributed by atoms with E-state index in [-0.39, 0.29) is 17.3 Å². The van der Waals surface area contributed by atoms with Gasteiger partial charge in [0, 0.05) is 31.4 Å². The molecule has 0 bridgehead atoms. The van der Waals surface area contributed by atoms with E-state index in [4.69, 9.17) is 4.74 Å². The second-order valence-electron chi connectivity index (χ2n) is 5.72. The number of ether oxygens (including phenoxy) is 1. The minimum absolute atomic E-state index is 0.223. The highest BCUT2D eigenvalue weighted by Crippen LogP contribution is 2.42. The van der Waals surface area contributed by atoms with Crippen molar-refractivity contribution in [3.63, 3.8) is 0 Å². The Balaban J connectivity index is 1.91. The molecule has 0 atom stereocenters. The van der Waals surface area contributed by atoms with Crippen molar-refractivity contribution in [3.8, 4) is 11.1 Å². The quantitative estimate of drug-likeness (QED) is 0.800. The lowest BCUT2D eigenvalue weighted by Gasteiger charge is -2.31. The average Bonchev–Trinajstić information content (AvgIpc) is 2.62. The minimum atomic E-state index is -3.78. The number of sulfonamides is 1. The molecule has 1 heterocycles. The summed E-state index contributed by atoms with van der Waals surface area (Å²) in [5, 5.41) is 2.73. The van der Waals surface area contributed by atoms with Crippen molar-refractivity contribution in [1.82, 2.24) is 5.32 Å². The predicted molar refractivity (Wildman–Crippen MR) is 95.9 cm³/mol. The van der Waals surface area contributed by atoms with Gasteiger partial charge in [-0.3, -0.25) is 9.10 Å². The van der Waals surface area contributed by atoms with E-state index in [0.29, 0.717) is 30.8 Å². The number of nitrogens with zero attached hydrogens (tertiary/aromatic N) is 1. The topological polar surface area (TPSA) is 75.7 Å². The lowest BCUT2D eigenvalue weighted by Crippen LogP contribution is -2.42. The van der Waals surface area contributed by atoms with E-state index >= 15 is 0 Å². The number of methoxy groups -OCH3 is 1. The van der Waals surface area contributed by atoms with Crippen LogP contribution in [0.5, 0.6) is 0 Å². The number of anilines is 1. The first-order chi connectivity index (χ1) is 12.1. The van der Waals surface area contributed by atoms with Crippen molar-refractivity contribution in [1.29, 1.82) is 0 Å². The molecular weight excluding hydrogens is 340 g/mol. The maximum Gasteiger partial charge on any atom is 0.265 e. The predicted octanol–water partition coefficient (Wildman–Crippen LogP) is 2.01. The summed E-state index contributed by atoms with van der Waals surface area (Å²) in [4.78, 5) is 12.4. The molecule has 132 valence electrons. The van der Waals surface area contributed by atoms with Crippen LogP contribution in [-0.4, -0.2) is 41.1 Å². The van der Waals surface area contributed by atoms with Gasteiger partial charge in [-0.2, -0.15) is 0 Å². The molecule has 0 fully saturated rings. The molecular formula is C18H20N2O4S. The molecule has 0 radical (unpaired) electrons. The number of hydrogen-bond donors (Lipinski definition) is 1. The highest BCUT2D eigenvalue weighted by atomic mass is 32.2. The number of carbonyl (C=O) groups is 1. The molecule has 1 N–H and O–H groups in total. The van der Waals surface area contributed by atoms with Gasteiger partial charge in [-0.25, -0.2) is 8.42 Å². The van der Waals surface area contributed by atoms with E-state index < -0.39 is 10.0 Å². The number of nitrogens with one attached hydrogen (secondary N) is 1. The van der Waals surface area contributed by atoms with E-state index in [2.05, 4.69) is 5.32 Å². The second-order valence-corrected chi connectivity index (χ2v) is 7.55. The lowest BCUT2D eigenvalue weighted by atomic mass is 10.0. The zero-order valence-electron chi connectivity index (χ0n) is 13.9. The van der Waals surface area contributed by atoms with Crippen LogP contribution in [0.2, 0.25) is 0 Å². The first kappa shape index (κ1) is 17.4. The summed E-state index contributed by atoms with van der Waals surface area (Å²) < 4.78 is 32.1. The number of carbonyl (C=O) groups excluding carboxylic acids is 1. The minimum Gasteiger partial charge on any atom is -0.385 e. The first-order valence-corrected chi connectivity index (χ1v) is 9.46.